The fraction of sp³-hybridized carbons (Fsp3) is 0.333. The number of nitrogens with zero attached hydrogens (tertiary/aromatic N) is 1. The molecule has 0 aliphatic carbocycles. The third kappa shape index (κ3) is 3.09. The maximum absolute atomic E-state index is 12.4. The number of likely N-dealkylation sites (N-methyl/N-ethyl adjacent to an activating group) is 1. The number of methoxy groups -OCH3 is 1. The van der Waals surface area contributed by atoms with Crippen LogP contribution in [0.2, 0.25) is 0 Å². The zero-order chi connectivity index (χ0) is 15.8. The van der Waals surface area contributed by atoms with E-state index in [9.17, 15) is 18.0 Å². The highest BCUT2D eigenvalue weighted by atomic mass is 79.9. The first-order chi connectivity index (χ1) is 9.76. The van der Waals surface area contributed by atoms with Gasteiger partial charge in [-0.1, -0.05) is 15.9 Å². The number of sulfonamides is 1. The van der Waals surface area contributed by atoms with Crippen LogP contribution < -0.4 is 9.46 Å². The van der Waals surface area contributed by atoms with Crippen LogP contribution in [0, 0.1) is 0 Å². The Kier molecular flexibility index (Phi) is 4.35. The van der Waals surface area contributed by atoms with Crippen LogP contribution >= 0.6 is 15.9 Å². The number of nitrogens with one attached hydrogen (secondary N) is 1. The minimum atomic E-state index is -3.99. The number of carbonyl (C=O) groups is 2. The van der Waals surface area contributed by atoms with Crippen molar-refractivity contribution >= 4 is 37.8 Å². The van der Waals surface area contributed by atoms with Gasteiger partial charge in [0.25, 0.3) is 0 Å². The minimum absolute atomic E-state index is 0.103. The highest BCUT2D eigenvalue weighted by molar-refractivity contribution is 9.10. The minimum Gasteiger partial charge on any atom is -0.495 e. The molecule has 0 radical (unpaired) electrons. The normalized spacial score (nSPS) is 19.2. The number of halogens is 1. The number of hydrogen-bond donors (Lipinski definition) is 1. The van der Waals surface area contributed by atoms with Crippen molar-refractivity contribution in [2.75, 3.05) is 14.2 Å². The number of amides is 2. The molecule has 21 heavy (non-hydrogen) atoms. The van der Waals surface area contributed by atoms with Crippen molar-refractivity contribution in [2.24, 2.45) is 0 Å². The molecule has 0 aromatic heterocycles. The second-order valence-electron chi connectivity index (χ2n) is 4.46. The summed E-state index contributed by atoms with van der Waals surface area (Å²) >= 11 is 3.18. The van der Waals surface area contributed by atoms with Crippen LogP contribution in [0.5, 0.6) is 5.75 Å². The Hall–Kier alpha value is -1.45. The van der Waals surface area contributed by atoms with Crippen molar-refractivity contribution in [3.05, 3.63) is 22.7 Å². The molecule has 2 amide bonds. The first kappa shape index (κ1) is 15.9. The van der Waals surface area contributed by atoms with E-state index in [1.54, 1.807) is 6.07 Å². The Bertz CT molecular complexity index is 704. The molecule has 1 unspecified atom stereocenters. The quantitative estimate of drug-likeness (QED) is 0.772. The lowest BCUT2D eigenvalue weighted by Gasteiger charge is -2.14. The molecule has 9 heteroatoms. The fourth-order valence-corrected chi connectivity index (χ4v) is 3.86. The maximum atomic E-state index is 12.4. The topological polar surface area (TPSA) is 92.8 Å². The smallest absolute Gasteiger partial charge is 0.247 e. The van der Waals surface area contributed by atoms with Gasteiger partial charge < -0.3 is 4.74 Å². The van der Waals surface area contributed by atoms with E-state index in [4.69, 9.17) is 4.74 Å². The van der Waals surface area contributed by atoms with Gasteiger partial charge in [-0.3, -0.25) is 14.5 Å². The van der Waals surface area contributed by atoms with E-state index < -0.39 is 27.9 Å². The summed E-state index contributed by atoms with van der Waals surface area (Å²) in [6.07, 6.45) is -0.190. The molecular weight excluding hydrogens is 364 g/mol. The Morgan fingerprint density at radius 2 is 2.05 bits per heavy atom. The summed E-state index contributed by atoms with van der Waals surface area (Å²) in [5, 5.41) is 0. The summed E-state index contributed by atoms with van der Waals surface area (Å²) in [6, 6.07) is 3.41. The SMILES string of the molecule is COc1ccc(Br)cc1S(=O)(=O)NC1CC(=O)N(C)C1=O. The summed E-state index contributed by atoms with van der Waals surface area (Å²) in [4.78, 5) is 24.0. The van der Waals surface area contributed by atoms with Gasteiger partial charge in [0.05, 0.1) is 13.5 Å². The van der Waals surface area contributed by atoms with Crippen molar-refractivity contribution in [3.63, 3.8) is 0 Å². The van der Waals surface area contributed by atoms with E-state index in [0.29, 0.717) is 4.47 Å². The predicted octanol–water partition coefficient (Wildman–Crippen LogP) is 0.493. The summed E-state index contributed by atoms with van der Waals surface area (Å²) in [7, 11) is -1.33. The summed E-state index contributed by atoms with van der Waals surface area (Å²) < 4.78 is 32.6. The number of rotatable bonds is 4. The first-order valence-electron chi connectivity index (χ1n) is 5.92. The molecule has 0 spiro atoms. The monoisotopic (exact) mass is 376 g/mol. The highest BCUT2D eigenvalue weighted by Gasteiger charge is 2.39. The second-order valence-corrected chi connectivity index (χ2v) is 7.06. The third-order valence-electron chi connectivity index (χ3n) is 3.09. The van der Waals surface area contributed by atoms with E-state index in [1.165, 1.54) is 26.3 Å². The molecule has 1 aromatic carbocycles. The van der Waals surface area contributed by atoms with Crippen molar-refractivity contribution in [1.82, 2.24) is 9.62 Å². The van der Waals surface area contributed by atoms with Gasteiger partial charge in [0.2, 0.25) is 21.8 Å². The second kappa shape index (κ2) is 5.74. The molecule has 2 rings (SSSR count). The number of likely N-dealkylation sites (tertiary alicyclic amines) is 1. The molecular formula is C12H13BrN2O5S. The largest absolute Gasteiger partial charge is 0.495 e. The average Bonchev–Trinajstić information content (AvgIpc) is 2.66. The van der Waals surface area contributed by atoms with Crippen LogP contribution in [0.25, 0.3) is 0 Å². The lowest BCUT2D eigenvalue weighted by Crippen LogP contribution is -2.40. The average molecular weight is 377 g/mol. The molecule has 1 atom stereocenters. The first-order valence-corrected chi connectivity index (χ1v) is 8.20. The zero-order valence-corrected chi connectivity index (χ0v) is 13.7. The molecule has 114 valence electrons. The van der Waals surface area contributed by atoms with E-state index in [1.807, 2.05) is 0 Å². The van der Waals surface area contributed by atoms with Gasteiger partial charge >= 0.3 is 0 Å². The van der Waals surface area contributed by atoms with E-state index >= 15 is 0 Å². The summed E-state index contributed by atoms with van der Waals surface area (Å²) in [5.74, 6) is -0.845. The number of benzene rings is 1. The van der Waals surface area contributed by atoms with Crippen LogP contribution in [0.3, 0.4) is 0 Å². The molecule has 1 N–H and O–H groups in total. The Balaban J connectivity index is 2.34. The molecule has 1 heterocycles. The molecule has 1 aromatic rings. The highest BCUT2D eigenvalue weighted by Crippen LogP contribution is 2.28. The summed E-state index contributed by atoms with van der Waals surface area (Å²) in [5.41, 5.74) is 0. The number of imide groups is 1. The van der Waals surface area contributed by atoms with Crippen molar-refractivity contribution in [3.8, 4) is 5.75 Å². The standard InChI is InChI=1S/C12H13BrN2O5S/c1-15-11(16)6-8(12(15)17)14-21(18,19)10-5-7(13)3-4-9(10)20-2/h3-5,8,14H,6H2,1-2H3. The van der Waals surface area contributed by atoms with Crippen LogP contribution in [0.1, 0.15) is 6.42 Å². The summed E-state index contributed by atoms with van der Waals surface area (Å²) in [6.45, 7) is 0. The molecule has 0 bridgehead atoms. The fourth-order valence-electron chi connectivity index (χ4n) is 1.96. The van der Waals surface area contributed by atoms with Crippen LogP contribution in [-0.2, 0) is 19.6 Å². The molecule has 1 fully saturated rings. The maximum Gasteiger partial charge on any atom is 0.247 e. The van der Waals surface area contributed by atoms with Gasteiger partial charge in [0.15, 0.2) is 0 Å². The number of ether oxygens (including phenoxy) is 1. The van der Waals surface area contributed by atoms with E-state index in [0.717, 1.165) is 4.90 Å². The molecule has 0 saturated carbocycles. The zero-order valence-electron chi connectivity index (χ0n) is 11.3. The Morgan fingerprint density at radius 1 is 1.38 bits per heavy atom. The van der Waals surface area contributed by atoms with Gasteiger partial charge in [-0.15, -0.1) is 0 Å². The van der Waals surface area contributed by atoms with Crippen LogP contribution in [0.15, 0.2) is 27.6 Å². The number of hydrogen-bond acceptors (Lipinski definition) is 5. The van der Waals surface area contributed by atoms with Gasteiger partial charge in [0.1, 0.15) is 16.7 Å². The van der Waals surface area contributed by atoms with E-state index in [-0.39, 0.29) is 17.1 Å². The van der Waals surface area contributed by atoms with Gasteiger partial charge in [-0.25, -0.2) is 8.42 Å². The van der Waals surface area contributed by atoms with Crippen LogP contribution in [-0.4, -0.2) is 45.3 Å². The van der Waals surface area contributed by atoms with Crippen molar-refractivity contribution < 1.29 is 22.7 Å². The van der Waals surface area contributed by atoms with Gasteiger partial charge in [0, 0.05) is 11.5 Å². The van der Waals surface area contributed by atoms with Crippen LogP contribution in [0.4, 0.5) is 0 Å². The Labute approximate surface area is 130 Å². The lowest BCUT2D eigenvalue weighted by atomic mass is 10.3. The predicted molar refractivity (Wildman–Crippen MR) is 77.2 cm³/mol. The van der Waals surface area contributed by atoms with Gasteiger partial charge in [-0.05, 0) is 18.2 Å². The lowest BCUT2D eigenvalue weighted by molar-refractivity contribution is -0.137. The third-order valence-corrected chi connectivity index (χ3v) is 5.08. The van der Waals surface area contributed by atoms with Crippen molar-refractivity contribution in [1.29, 1.82) is 0 Å². The molecule has 1 aliphatic heterocycles. The van der Waals surface area contributed by atoms with E-state index in [2.05, 4.69) is 20.7 Å². The number of carbonyl (C=O) groups excluding carboxylic acids is 2. The molecule has 7 nitrogen and oxygen atoms in total. The van der Waals surface area contributed by atoms with Crippen molar-refractivity contribution in [2.45, 2.75) is 17.4 Å². The Morgan fingerprint density at radius 3 is 2.57 bits per heavy atom. The van der Waals surface area contributed by atoms with Gasteiger partial charge in [-0.2, -0.15) is 4.72 Å². The molecule has 1 aliphatic rings. The molecule has 1 saturated heterocycles.